The molecule has 0 aliphatic carbocycles. The van der Waals surface area contributed by atoms with Crippen molar-refractivity contribution in [1.82, 2.24) is 5.43 Å². The maximum absolute atomic E-state index is 5.53. The normalized spacial score (nSPS) is 11.2. The highest BCUT2D eigenvalue weighted by Gasteiger charge is 2.09. The Morgan fingerprint density at radius 3 is 1.72 bits per heavy atom. The molecule has 0 fully saturated rings. The van der Waals surface area contributed by atoms with Crippen molar-refractivity contribution in [2.75, 3.05) is 0 Å². The molecular formula is C16H16N2. The highest BCUT2D eigenvalue weighted by atomic mass is 15.2. The number of nitrogens with one attached hydrogen (secondary N) is 1. The molecule has 0 aliphatic heterocycles. The van der Waals surface area contributed by atoms with Gasteiger partial charge in [-0.1, -0.05) is 48.5 Å². The van der Waals surface area contributed by atoms with Crippen LogP contribution in [0.25, 0.3) is 21.5 Å². The summed E-state index contributed by atoms with van der Waals surface area (Å²) < 4.78 is 0. The number of hydrogen-bond donors (Lipinski definition) is 2. The van der Waals surface area contributed by atoms with Crippen LogP contribution in [-0.2, 0) is 6.54 Å². The van der Waals surface area contributed by atoms with Crippen LogP contribution in [0.4, 0.5) is 0 Å². The Labute approximate surface area is 106 Å². The van der Waals surface area contributed by atoms with E-state index in [4.69, 9.17) is 5.84 Å². The molecule has 0 heterocycles. The van der Waals surface area contributed by atoms with E-state index in [2.05, 4.69) is 60.9 Å². The van der Waals surface area contributed by atoms with E-state index in [0.29, 0.717) is 6.54 Å². The van der Waals surface area contributed by atoms with Crippen LogP contribution in [0.5, 0.6) is 0 Å². The van der Waals surface area contributed by atoms with E-state index >= 15 is 0 Å². The van der Waals surface area contributed by atoms with Gasteiger partial charge in [-0.2, -0.15) is 0 Å². The van der Waals surface area contributed by atoms with Crippen LogP contribution < -0.4 is 11.3 Å². The van der Waals surface area contributed by atoms with Crippen molar-refractivity contribution in [1.29, 1.82) is 0 Å². The maximum Gasteiger partial charge on any atom is 0.0361 e. The molecule has 0 unspecified atom stereocenters. The van der Waals surface area contributed by atoms with E-state index < -0.39 is 0 Å². The van der Waals surface area contributed by atoms with Gasteiger partial charge in [-0.15, -0.1) is 0 Å². The fourth-order valence-electron chi connectivity index (χ4n) is 2.73. The third-order valence-corrected chi connectivity index (χ3v) is 3.59. The third-order valence-electron chi connectivity index (χ3n) is 3.59. The molecule has 3 N–H and O–H groups in total. The van der Waals surface area contributed by atoms with Crippen molar-refractivity contribution in [2.45, 2.75) is 13.5 Å². The quantitative estimate of drug-likeness (QED) is 0.407. The molecule has 3 rings (SSSR count). The summed E-state index contributed by atoms with van der Waals surface area (Å²) in [6.45, 7) is 2.87. The molecule has 2 nitrogen and oxygen atoms in total. The standard InChI is InChI=1S/C16H16N2/c1-11-12-6-2-4-8-14(12)16(10-18-17)15-9-5-3-7-13(11)15/h2-9,18H,10,17H2,1H3. The second-order valence-corrected chi connectivity index (χ2v) is 4.58. The molecule has 0 aliphatic rings. The van der Waals surface area contributed by atoms with Gasteiger partial charge in [0.2, 0.25) is 0 Å². The number of nitrogens with two attached hydrogens (primary N) is 1. The van der Waals surface area contributed by atoms with Crippen molar-refractivity contribution >= 4 is 21.5 Å². The van der Waals surface area contributed by atoms with E-state index in [1.165, 1.54) is 32.7 Å². The molecule has 90 valence electrons. The summed E-state index contributed by atoms with van der Waals surface area (Å²) in [4.78, 5) is 0. The lowest BCUT2D eigenvalue weighted by Crippen LogP contribution is -2.21. The van der Waals surface area contributed by atoms with Crippen molar-refractivity contribution in [3.8, 4) is 0 Å². The van der Waals surface area contributed by atoms with E-state index in [1.54, 1.807) is 0 Å². The zero-order valence-corrected chi connectivity index (χ0v) is 10.4. The van der Waals surface area contributed by atoms with Gasteiger partial charge in [-0.25, -0.2) is 0 Å². The Hall–Kier alpha value is -1.90. The van der Waals surface area contributed by atoms with Gasteiger partial charge in [0.25, 0.3) is 0 Å². The van der Waals surface area contributed by atoms with Gasteiger partial charge in [-0.3, -0.25) is 11.3 Å². The Bertz CT molecular complexity index is 660. The number of benzene rings is 3. The highest BCUT2D eigenvalue weighted by Crippen LogP contribution is 2.32. The Morgan fingerprint density at radius 2 is 1.28 bits per heavy atom. The summed E-state index contributed by atoms with van der Waals surface area (Å²) in [5.74, 6) is 5.53. The molecule has 0 bridgehead atoms. The lowest BCUT2D eigenvalue weighted by atomic mass is 9.92. The van der Waals surface area contributed by atoms with Crippen molar-refractivity contribution < 1.29 is 0 Å². The van der Waals surface area contributed by atoms with Gasteiger partial charge in [0.1, 0.15) is 0 Å². The Balaban J connectivity index is 2.54. The summed E-state index contributed by atoms with van der Waals surface area (Å²) in [5.41, 5.74) is 5.40. The summed E-state index contributed by atoms with van der Waals surface area (Å²) in [5, 5.41) is 5.18. The maximum atomic E-state index is 5.53. The molecule has 0 saturated heterocycles. The molecule has 2 heteroatoms. The average Bonchev–Trinajstić information content (AvgIpc) is 2.43. The van der Waals surface area contributed by atoms with Gasteiger partial charge >= 0.3 is 0 Å². The summed E-state index contributed by atoms with van der Waals surface area (Å²) >= 11 is 0. The number of aryl methyl sites for hydroxylation is 1. The van der Waals surface area contributed by atoms with Crippen molar-refractivity contribution in [2.24, 2.45) is 5.84 Å². The number of rotatable bonds is 2. The predicted octanol–water partition coefficient (Wildman–Crippen LogP) is 3.26. The molecule has 18 heavy (non-hydrogen) atoms. The SMILES string of the molecule is Cc1c2ccccc2c(CNN)c2ccccc12. The molecule has 0 aromatic heterocycles. The largest absolute Gasteiger partial charge is 0.271 e. The minimum absolute atomic E-state index is 0.682. The zero-order chi connectivity index (χ0) is 12.5. The molecule has 3 aromatic carbocycles. The van der Waals surface area contributed by atoms with Crippen LogP contribution in [0, 0.1) is 6.92 Å². The van der Waals surface area contributed by atoms with Gasteiger partial charge in [0, 0.05) is 6.54 Å². The highest BCUT2D eigenvalue weighted by molar-refractivity contribution is 6.05. The first-order chi connectivity index (χ1) is 8.83. The molecule has 0 amide bonds. The second kappa shape index (κ2) is 4.41. The van der Waals surface area contributed by atoms with Gasteiger partial charge < -0.3 is 0 Å². The van der Waals surface area contributed by atoms with Gasteiger partial charge in [-0.05, 0) is 39.6 Å². The predicted molar refractivity (Wildman–Crippen MR) is 77.2 cm³/mol. The van der Waals surface area contributed by atoms with E-state index in [9.17, 15) is 0 Å². The van der Waals surface area contributed by atoms with Crippen LogP contribution in [-0.4, -0.2) is 0 Å². The minimum atomic E-state index is 0.682. The third kappa shape index (κ3) is 1.58. The number of hydrogen-bond acceptors (Lipinski definition) is 2. The minimum Gasteiger partial charge on any atom is -0.271 e. The lowest BCUT2D eigenvalue weighted by molar-refractivity contribution is 0.749. The topological polar surface area (TPSA) is 38.0 Å². The smallest absolute Gasteiger partial charge is 0.0361 e. The van der Waals surface area contributed by atoms with Gasteiger partial charge in [0.15, 0.2) is 0 Å². The summed E-state index contributed by atoms with van der Waals surface area (Å²) in [7, 11) is 0. The van der Waals surface area contributed by atoms with Gasteiger partial charge in [0.05, 0.1) is 0 Å². The van der Waals surface area contributed by atoms with E-state index in [1.807, 2.05) is 0 Å². The lowest BCUT2D eigenvalue weighted by Gasteiger charge is -2.14. The molecule has 0 saturated carbocycles. The fraction of sp³-hybridized carbons (Fsp3) is 0.125. The van der Waals surface area contributed by atoms with Crippen LogP contribution >= 0.6 is 0 Å². The monoisotopic (exact) mass is 236 g/mol. The Kier molecular flexibility index (Phi) is 2.74. The van der Waals surface area contributed by atoms with E-state index in [-0.39, 0.29) is 0 Å². The van der Waals surface area contributed by atoms with Crippen LogP contribution in [0.1, 0.15) is 11.1 Å². The fourth-order valence-corrected chi connectivity index (χ4v) is 2.73. The molecule has 0 atom stereocenters. The first-order valence-corrected chi connectivity index (χ1v) is 6.15. The van der Waals surface area contributed by atoms with Crippen molar-refractivity contribution in [3.05, 3.63) is 59.7 Å². The first-order valence-electron chi connectivity index (χ1n) is 6.15. The Morgan fingerprint density at radius 1 is 0.833 bits per heavy atom. The van der Waals surface area contributed by atoms with Crippen LogP contribution in [0.15, 0.2) is 48.5 Å². The van der Waals surface area contributed by atoms with Crippen molar-refractivity contribution in [3.63, 3.8) is 0 Å². The number of hydrazine groups is 1. The second-order valence-electron chi connectivity index (χ2n) is 4.58. The van der Waals surface area contributed by atoms with E-state index in [0.717, 1.165) is 0 Å². The van der Waals surface area contributed by atoms with Crippen LogP contribution in [0.3, 0.4) is 0 Å². The number of fused-ring (bicyclic) bond motifs is 2. The molecule has 0 radical (unpaired) electrons. The molecule has 3 aromatic rings. The zero-order valence-electron chi connectivity index (χ0n) is 10.4. The average molecular weight is 236 g/mol. The first kappa shape index (κ1) is 11.2. The van der Waals surface area contributed by atoms with Crippen LogP contribution in [0.2, 0.25) is 0 Å². The molecule has 0 spiro atoms. The summed E-state index contributed by atoms with van der Waals surface area (Å²) in [6, 6.07) is 17.0. The molecular weight excluding hydrogens is 220 g/mol. The summed E-state index contributed by atoms with van der Waals surface area (Å²) in [6.07, 6.45) is 0.